The Bertz CT molecular complexity index is 808. The molecule has 1 amide bonds. The zero-order valence-electron chi connectivity index (χ0n) is 13.5. The van der Waals surface area contributed by atoms with Gasteiger partial charge in [-0.25, -0.2) is 9.37 Å². The van der Waals surface area contributed by atoms with Gasteiger partial charge in [0.15, 0.2) is 5.16 Å². The van der Waals surface area contributed by atoms with Gasteiger partial charge in [-0.3, -0.25) is 9.59 Å². The third-order valence-electron chi connectivity index (χ3n) is 4.40. The van der Waals surface area contributed by atoms with E-state index in [-0.39, 0.29) is 22.6 Å². The second-order valence-corrected chi connectivity index (χ2v) is 6.93. The van der Waals surface area contributed by atoms with Gasteiger partial charge in [0.2, 0.25) is 5.91 Å². The van der Waals surface area contributed by atoms with E-state index in [9.17, 15) is 14.0 Å². The van der Waals surface area contributed by atoms with Gasteiger partial charge >= 0.3 is 0 Å². The topological polar surface area (TPSA) is 66.1 Å². The fourth-order valence-electron chi connectivity index (χ4n) is 3.12. The summed E-state index contributed by atoms with van der Waals surface area (Å²) < 4.78 is 13.2. The average molecular weight is 349 g/mol. The van der Waals surface area contributed by atoms with E-state index in [2.05, 4.69) is 16.9 Å². The van der Waals surface area contributed by atoms with Crippen LogP contribution in [-0.2, 0) is 4.79 Å². The monoisotopic (exact) mass is 349 g/mol. The van der Waals surface area contributed by atoms with Crippen LogP contribution in [0.4, 0.5) is 4.39 Å². The van der Waals surface area contributed by atoms with Gasteiger partial charge in [0.1, 0.15) is 5.82 Å². The van der Waals surface area contributed by atoms with Crippen LogP contribution in [0.25, 0.3) is 10.9 Å². The van der Waals surface area contributed by atoms with Crippen LogP contribution in [0.5, 0.6) is 0 Å². The molecule has 0 saturated carbocycles. The number of fused-ring (bicyclic) bond motifs is 1. The van der Waals surface area contributed by atoms with Gasteiger partial charge in [-0.2, -0.15) is 0 Å². The Labute approximate surface area is 143 Å². The van der Waals surface area contributed by atoms with Crippen LogP contribution in [0.2, 0.25) is 0 Å². The fraction of sp³-hybridized carbons (Fsp3) is 0.471. The summed E-state index contributed by atoms with van der Waals surface area (Å²) >= 11 is 1.22. The van der Waals surface area contributed by atoms with Gasteiger partial charge in [-0.15, -0.1) is 0 Å². The SMILES string of the molecule is CC[C@@H]1CCCCN1C(=O)CSc1nc2ccc(F)cc2c(=O)[nH]1. The molecule has 2 heterocycles. The first-order valence-corrected chi connectivity index (χ1v) is 9.19. The first kappa shape index (κ1) is 17.0. The Kier molecular flexibility index (Phi) is 5.18. The number of hydrogen-bond donors (Lipinski definition) is 1. The van der Waals surface area contributed by atoms with E-state index in [0.29, 0.717) is 16.7 Å². The number of carbonyl (C=O) groups excluding carboxylic acids is 1. The standard InChI is InChI=1S/C17H20FN3O2S/c1-2-12-5-3-4-8-21(12)15(22)10-24-17-19-14-7-6-11(18)9-13(14)16(23)20-17/h6-7,9,12H,2-5,8,10H2,1H3,(H,19,20,23)/t12-/m1/s1. The largest absolute Gasteiger partial charge is 0.339 e. The van der Waals surface area contributed by atoms with Crippen molar-refractivity contribution in [2.24, 2.45) is 0 Å². The van der Waals surface area contributed by atoms with Crippen LogP contribution in [0.1, 0.15) is 32.6 Å². The molecule has 0 unspecified atom stereocenters. The summed E-state index contributed by atoms with van der Waals surface area (Å²) in [6.45, 7) is 2.91. The van der Waals surface area contributed by atoms with Gasteiger partial charge in [0.05, 0.1) is 16.7 Å². The number of aromatic amines is 1. The Morgan fingerprint density at radius 2 is 2.29 bits per heavy atom. The number of piperidine rings is 1. The van der Waals surface area contributed by atoms with E-state index in [1.165, 1.54) is 36.4 Å². The minimum absolute atomic E-state index is 0.0772. The number of likely N-dealkylation sites (tertiary alicyclic amines) is 1. The quantitative estimate of drug-likeness (QED) is 0.681. The lowest BCUT2D eigenvalue weighted by atomic mass is 10.0. The van der Waals surface area contributed by atoms with Gasteiger partial charge < -0.3 is 9.88 Å². The molecule has 1 atom stereocenters. The van der Waals surface area contributed by atoms with Crippen molar-refractivity contribution in [3.05, 3.63) is 34.4 Å². The van der Waals surface area contributed by atoms with Crippen molar-refractivity contribution in [1.82, 2.24) is 14.9 Å². The van der Waals surface area contributed by atoms with Crippen LogP contribution in [0, 0.1) is 5.82 Å². The molecule has 0 bridgehead atoms. The maximum Gasteiger partial charge on any atom is 0.259 e. The molecule has 1 aromatic carbocycles. The number of thioether (sulfide) groups is 1. The van der Waals surface area contributed by atoms with E-state index in [1.54, 1.807) is 0 Å². The number of hydrogen-bond acceptors (Lipinski definition) is 4. The van der Waals surface area contributed by atoms with Crippen LogP contribution in [0.3, 0.4) is 0 Å². The van der Waals surface area contributed by atoms with Crippen LogP contribution >= 0.6 is 11.8 Å². The Morgan fingerprint density at radius 3 is 3.08 bits per heavy atom. The van der Waals surface area contributed by atoms with Crippen LogP contribution < -0.4 is 5.56 Å². The molecule has 1 fully saturated rings. The molecule has 2 aromatic rings. The van der Waals surface area contributed by atoms with E-state index in [4.69, 9.17) is 0 Å². The molecular weight excluding hydrogens is 329 g/mol. The molecule has 1 N–H and O–H groups in total. The molecule has 24 heavy (non-hydrogen) atoms. The van der Waals surface area contributed by atoms with E-state index in [1.807, 2.05) is 4.90 Å². The zero-order valence-corrected chi connectivity index (χ0v) is 14.4. The lowest BCUT2D eigenvalue weighted by Gasteiger charge is -2.35. The van der Waals surface area contributed by atoms with Crippen molar-refractivity contribution < 1.29 is 9.18 Å². The van der Waals surface area contributed by atoms with Crippen molar-refractivity contribution in [3.8, 4) is 0 Å². The number of halogens is 1. The Balaban J connectivity index is 1.72. The highest BCUT2D eigenvalue weighted by molar-refractivity contribution is 7.99. The summed E-state index contributed by atoms with van der Waals surface area (Å²) in [7, 11) is 0. The van der Waals surface area contributed by atoms with E-state index in [0.717, 1.165) is 25.8 Å². The number of amides is 1. The van der Waals surface area contributed by atoms with Crippen molar-refractivity contribution in [2.75, 3.05) is 12.3 Å². The third kappa shape index (κ3) is 3.61. The number of nitrogens with one attached hydrogen (secondary N) is 1. The molecule has 1 aliphatic rings. The van der Waals surface area contributed by atoms with Crippen LogP contribution in [-0.4, -0.2) is 39.1 Å². The van der Waals surface area contributed by atoms with Crippen LogP contribution in [0.15, 0.2) is 28.2 Å². The molecule has 0 radical (unpaired) electrons. The first-order chi connectivity index (χ1) is 11.6. The van der Waals surface area contributed by atoms with Crippen molar-refractivity contribution >= 4 is 28.6 Å². The van der Waals surface area contributed by atoms with Gasteiger partial charge in [0.25, 0.3) is 5.56 Å². The van der Waals surface area contributed by atoms with Crippen molar-refractivity contribution in [2.45, 2.75) is 43.8 Å². The molecule has 128 valence electrons. The lowest BCUT2D eigenvalue weighted by Crippen LogP contribution is -2.44. The average Bonchev–Trinajstić information content (AvgIpc) is 2.60. The Morgan fingerprint density at radius 1 is 1.46 bits per heavy atom. The minimum Gasteiger partial charge on any atom is -0.339 e. The first-order valence-electron chi connectivity index (χ1n) is 8.20. The fourth-order valence-corrected chi connectivity index (χ4v) is 3.88. The van der Waals surface area contributed by atoms with E-state index >= 15 is 0 Å². The number of aromatic nitrogens is 2. The molecule has 1 saturated heterocycles. The number of carbonyl (C=O) groups is 1. The maximum absolute atomic E-state index is 13.2. The number of nitrogens with zero attached hydrogens (tertiary/aromatic N) is 2. The van der Waals surface area contributed by atoms with Gasteiger partial charge in [0, 0.05) is 12.6 Å². The zero-order chi connectivity index (χ0) is 17.1. The molecule has 0 aliphatic carbocycles. The minimum atomic E-state index is -0.471. The smallest absolute Gasteiger partial charge is 0.259 e. The summed E-state index contributed by atoms with van der Waals surface area (Å²) in [6.07, 6.45) is 4.24. The van der Waals surface area contributed by atoms with Gasteiger partial charge in [-0.1, -0.05) is 18.7 Å². The highest BCUT2D eigenvalue weighted by Crippen LogP contribution is 2.22. The molecule has 1 aromatic heterocycles. The summed E-state index contributed by atoms with van der Waals surface area (Å²) in [5.74, 6) is -0.152. The van der Waals surface area contributed by atoms with E-state index < -0.39 is 5.82 Å². The second-order valence-electron chi connectivity index (χ2n) is 5.97. The summed E-state index contributed by atoms with van der Waals surface area (Å²) in [5.41, 5.74) is 0.0402. The summed E-state index contributed by atoms with van der Waals surface area (Å²) in [6, 6.07) is 4.23. The lowest BCUT2D eigenvalue weighted by molar-refractivity contribution is -0.132. The molecule has 0 spiro atoms. The predicted octanol–water partition coefficient (Wildman–Crippen LogP) is 2.95. The predicted molar refractivity (Wildman–Crippen MR) is 92.7 cm³/mol. The summed E-state index contributed by atoms with van der Waals surface area (Å²) in [5, 5.41) is 0.602. The Hall–Kier alpha value is -1.89. The molecule has 7 heteroatoms. The highest BCUT2D eigenvalue weighted by atomic mass is 32.2. The maximum atomic E-state index is 13.2. The van der Waals surface area contributed by atoms with Crippen molar-refractivity contribution in [3.63, 3.8) is 0 Å². The number of rotatable bonds is 4. The highest BCUT2D eigenvalue weighted by Gasteiger charge is 2.25. The molecule has 3 rings (SSSR count). The number of benzene rings is 1. The normalized spacial score (nSPS) is 18.1. The second kappa shape index (κ2) is 7.34. The van der Waals surface area contributed by atoms with Crippen molar-refractivity contribution in [1.29, 1.82) is 0 Å². The van der Waals surface area contributed by atoms with Gasteiger partial charge in [-0.05, 0) is 43.9 Å². The third-order valence-corrected chi connectivity index (χ3v) is 5.25. The molecular formula is C17H20FN3O2S. The summed E-state index contributed by atoms with van der Waals surface area (Å²) in [4.78, 5) is 33.4. The number of H-pyrrole nitrogens is 1. The molecule has 1 aliphatic heterocycles. The molecule has 5 nitrogen and oxygen atoms in total.